The van der Waals surface area contributed by atoms with E-state index in [1.165, 1.54) is 17.4 Å². The van der Waals surface area contributed by atoms with Gasteiger partial charge in [-0.3, -0.25) is 4.98 Å². The molecule has 2 heterocycles. The second-order valence-corrected chi connectivity index (χ2v) is 4.08. The highest BCUT2D eigenvalue weighted by Gasteiger charge is 2.30. The summed E-state index contributed by atoms with van der Waals surface area (Å²) in [4.78, 5) is 7.90. The second kappa shape index (κ2) is 3.86. The zero-order valence-corrected chi connectivity index (χ0v) is 9.06. The van der Waals surface area contributed by atoms with Gasteiger partial charge in [-0.1, -0.05) is 0 Å². The quantitative estimate of drug-likeness (QED) is 0.766. The van der Waals surface area contributed by atoms with Crippen molar-refractivity contribution >= 4 is 11.3 Å². The Morgan fingerprint density at radius 3 is 2.44 bits per heavy atom. The number of halogens is 3. The number of nitrogens with zero attached hydrogens (tertiary/aromatic N) is 2. The molecule has 6 heteroatoms. The fourth-order valence-electron chi connectivity index (χ4n) is 1.16. The highest BCUT2D eigenvalue weighted by atomic mass is 32.1. The summed E-state index contributed by atoms with van der Waals surface area (Å²) in [7, 11) is 0. The topological polar surface area (TPSA) is 25.8 Å². The molecule has 0 aliphatic carbocycles. The first kappa shape index (κ1) is 11.1. The molecule has 0 spiro atoms. The van der Waals surface area contributed by atoms with E-state index in [2.05, 4.69) is 9.97 Å². The average molecular weight is 244 g/mol. The minimum Gasteiger partial charge on any atom is -0.253 e. The van der Waals surface area contributed by atoms with E-state index >= 15 is 0 Å². The molecule has 0 aliphatic rings. The Balaban J connectivity index is 2.33. The van der Waals surface area contributed by atoms with Crippen LogP contribution < -0.4 is 0 Å². The van der Waals surface area contributed by atoms with Gasteiger partial charge in [-0.25, -0.2) is 4.98 Å². The van der Waals surface area contributed by atoms with Crippen LogP contribution in [-0.4, -0.2) is 9.97 Å². The van der Waals surface area contributed by atoms with E-state index in [4.69, 9.17) is 0 Å². The summed E-state index contributed by atoms with van der Waals surface area (Å²) < 4.78 is 36.8. The molecule has 2 aromatic heterocycles. The summed E-state index contributed by atoms with van der Waals surface area (Å²) >= 11 is 1.36. The van der Waals surface area contributed by atoms with Crippen molar-refractivity contribution in [2.75, 3.05) is 0 Å². The first-order valence-corrected chi connectivity index (χ1v) is 5.30. The molecule has 2 rings (SSSR count). The van der Waals surface area contributed by atoms with Crippen LogP contribution >= 0.6 is 11.3 Å². The number of rotatable bonds is 1. The van der Waals surface area contributed by atoms with Crippen LogP contribution in [0.4, 0.5) is 13.2 Å². The van der Waals surface area contributed by atoms with Crippen LogP contribution in [0.5, 0.6) is 0 Å². The number of aryl methyl sites for hydroxylation is 1. The fraction of sp³-hybridized carbons (Fsp3) is 0.200. The summed E-state index contributed by atoms with van der Waals surface area (Å²) in [6.45, 7) is 1.82. The third-order valence-corrected chi connectivity index (χ3v) is 2.91. The molecule has 0 radical (unpaired) electrons. The number of hydrogen-bond donors (Lipinski definition) is 0. The standard InChI is InChI=1S/C10H7F3N2S/c1-6-5-16-9(15-6)8-3-2-7(4-14-8)10(11,12)13/h2-5H,1H3. The van der Waals surface area contributed by atoms with Crippen LogP contribution in [0.2, 0.25) is 0 Å². The number of aromatic nitrogens is 2. The first-order chi connectivity index (χ1) is 7.47. The van der Waals surface area contributed by atoms with E-state index in [0.29, 0.717) is 10.7 Å². The zero-order chi connectivity index (χ0) is 11.8. The molecule has 0 saturated heterocycles. The van der Waals surface area contributed by atoms with Crippen LogP contribution in [0.15, 0.2) is 23.7 Å². The summed E-state index contributed by atoms with van der Waals surface area (Å²) in [5, 5.41) is 2.46. The van der Waals surface area contributed by atoms with E-state index in [-0.39, 0.29) is 0 Å². The lowest BCUT2D eigenvalue weighted by atomic mass is 10.2. The highest BCUT2D eigenvalue weighted by Crippen LogP contribution is 2.30. The van der Waals surface area contributed by atoms with E-state index in [9.17, 15) is 13.2 Å². The maximum absolute atomic E-state index is 12.3. The lowest BCUT2D eigenvalue weighted by molar-refractivity contribution is -0.137. The molecule has 84 valence electrons. The number of thiazole rings is 1. The van der Waals surface area contributed by atoms with Gasteiger partial charge in [0.15, 0.2) is 0 Å². The van der Waals surface area contributed by atoms with Gasteiger partial charge in [0.25, 0.3) is 0 Å². The molecule has 0 fully saturated rings. The van der Waals surface area contributed by atoms with Crippen molar-refractivity contribution in [3.05, 3.63) is 35.0 Å². The average Bonchev–Trinajstić information content (AvgIpc) is 2.64. The van der Waals surface area contributed by atoms with Gasteiger partial charge in [-0.2, -0.15) is 13.2 Å². The van der Waals surface area contributed by atoms with E-state index < -0.39 is 11.7 Å². The third-order valence-electron chi connectivity index (χ3n) is 1.93. The van der Waals surface area contributed by atoms with Crippen LogP contribution in [-0.2, 0) is 6.18 Å². The Hall–Kier alpha value is -1.43. The summed E-state index contributed by atoms with van der Waals surface area (Å²) in [6, 6.07) is 2.35. The van der Waals surface area contributed by atoms with Gasteiger partial charge in [0.2, 0.25) is 0 Å². The number of hydrogen-bond acceptors (Lipinski definition) is 3. The van der Waals surface area contributed by atoms with Crippen LogP contribution in [0.25, 0.3) is 10.7 Å². The smallest absolute Gasteiger partial charge is 0.253 e. The molecule has 0 N–H and O–H groups in total. The maximum atomic E-state index is 12.3. The molecule has 0 atom stereocenters. The van der Waals surface area contributed by atoms with Gasteiger partial charge in [0, 0.05) is 17.3 Å². The van der Waals surface area contributed by atoms with Gasteiger partial charge < -0.3 is 0 Å². The molecular weight excluding hydrogens is 237 g/mol. The Morgan fingerprint density at radius 2 is 2.00 bits per heavy atom. The minimum absolute atomic E-state index is 0.464. The van der Waals surface area contributed by atoms with Crippen molar-refractivity contribution in [2.45, 2.75) is 13.1 Å². The van der Waals surface area contributed by atoms with Crippen LogP contribution in [0.3, 0.4) is 0 Å². The fourth-order valence-corrected chi connectivity index (χ4v) is 1.93. The number of pyridine rings is 1. The summed E-state index contributed by atoms with van der Waals surface area (Å²) in [5.41, 5.74) is 0.553. The highest BCUT2D eigenvalue weighted by molar-refractivity contribution is 7.13. The summed E-state index contributed by atoms with van der Waals surface area (Å²) in [6.07, 6.45) is -3.52. The zero-order valence-electron chi connectivity index (χ0n) is 8.25. The number of alkyl halides is 3. The van der Waals surface area contributed by atoms with E-state index in [0.717, 1.165) is 18.0 Å². The normalized spacial score (nSPS) is 11.8. The Morgan fingerprint density at radius 1 is 1.25 bits per heavy atom. The van der Waals surface area contributed by atoms with Crippen molar-refractivity contribution < 1.29 is 13.2 Å². The Labute approximate surface area is 93.8 Å². The lowest BCUT2D eigenvalue weighted by Crippen LogP contribution is -2.05. The van der Waals surface area contributed by atoms with Crippen molar-refractivity contribution in [1.29, 1.82) is 0 Å². The molecule has 0 unspecified atom stereocenters. The monoisotopic (exact) mass is 244 g/mol. The summed E-state index contributed by atoms with van der Waals surface area (Å²) in [5.74, 6) is 0. The Bertz CT molecular complexity index is 488. The SMILES string of the molecule is Cc1csc(-c2ccc(C(F)(F)F)cn2)n1. The second-order valence-electron chi connectivity index (χ2n) is 3.22. The van der Waals surface area contributed by atoms with Crippen molar-refractivity contribution in [2.24, 2.45) is 0 Å². The Kier molecular flexibility index (Phi) is 2.67. The van der Waals surface area contributed by atoms with Gasteiger partial charge in [-0.15, -0.1) is 11.3 Å². The molecule has 2 nitrogen and oxygen atoms in total. The molecule has 0 aliphatic heterocycles. The molecule has 0 amide bonds. The van der Waals surface area contributed by atoms with Crippen molar-refractivity contribution in [1.82, 2.24) is 9.97 Å². The predicted octanol–water partition coefficient (Wildman–Crippen LogP) is 3.53. The van der Waals surface area contributed by atoms with Crippen LogP contribution in [0, 0.1) is 6.92 Å². The van der Waals surface area contributed by atoms with Gasteiger partial charge in [-0.05, 0) is 19.1 Å². The van der Waals surface area contributed by atoms with Gasteiger partial charge in [0.05, 0.1) is 11.3 Å². The van der Waals surface area contributed by atoms with Gasteiger partial charge in [0.1, 0.15) is 5.01 Å². The maximum Gasteiger partial charge on any atom is 0.417 e. The molecule has 16 heavy (non-hydrogen) atoms. The van der Waals surface area contributed by atoms with Crippen LogP contribution in [0.1, 0.15) is 11.3 Å². The molecule has 0 saturated carbocycles. The predicted molar refractivity (Wildman–Crippen MR) is 55.1 cm³/mol. The molecule has 0 bridgehead atoms. The first-order valence-electron chi connectivity index (χ1n) is 4.42. The van der Waals surface area contributed by atoms with Gasteiger partial charge >= 0.3 is 6.18 Å². The molecule has 0 aromatic carbocycles. The largest absolute Gasteiger partial charge is 0.417 e. The van der Waals surface area contributed by atoms with Crippen molar-refractivity contribution in [3.63, 3.8) is 0 Å². The van der Waals surface area contributed by atoms with E-state index in [1.807, 2.05) is 12.3 Å². The van der Waals surface area contributed by atoms with Crippen molar-refractivity contribution in [3.8, 4) is 10.7 Å². The molecular formula is C10H7F3N2S. The van der Waals surface area contributed by atoms with E-state index in [1.54, 1.807) is 0 Å². The minimum atomic E-state index is -4.34. The third kappa shape index (κ3) is 2.21. The molecule has 2 aromatic rings. The lowest BCUT2D eigenvalue weighted by Gasteiger charge is -2.05.